The predicted molar refractivity (Wildman–Crippen MR) is 170 cm³/mol. The van der Waals surface area contributed by atoms with Crippen LogP contribution >= 0.6 is 11.6 Å². The Kier molecular flexibility index (Phi) is 9.85. The molecule has 46 heavy (non-hydrogen) atoms. The molecule has 1 aromatic carbocycles. The molecule has 1 aliphatic heterocycles. The van der Waals surface area contributed by atoms with Crippen molar-refractivity contribution < 1.29 is 28.5 Å². The standard InChI is InChI=1S/C32H35ClN6O7/c1-5-43-29(41)32(30(42)44-6-2,15-19-9-11-20(12-10-19)21-8-7-13-35-28(21)40)45-16-23-22(18(3)4)14-24(46-23)39-17-36-25-26(34)37-31(33)38-27(25)39/h7-13,17,22-24H,3,5-6,14-16H2,1-2,4H3,(H,35,40)(H2,34,37,38)/t22-,23+,24+/m0/s1. The number of nitrogen functional groups attached to an aromatic ring is 1. The third-order valence-electron chi connectivity index (χ3n) is 7.84. The number of hydrogen-bond acceptors (Lipinski definition) is 11. The first-order chi connectivity index (χ1) is 22.1. The van der Waals surface area contributed by atoms with E-state index >= 15 is 0 Å². The highest BCUT2D eigenvalue weighted by Gasteiger charge is 2.52. The zero-order chi connectivity index (χ0) is 33.0. The molecule has 14 heteroatoms. The molecule has 1 aliphatic rings. The first-order valence-electron chi connectivity index (χ1n) is 14.8. The Morgan fingerprint density at radius 2 is 1.85 bits per heavy atom. The number of nitrogens with two attached hydrogens (primary N) is 1. The summed E-state index contributed by atoms with van der Waals surface area (Å²) in [4.78, 5) is 54.7. The Labute approximate surface area is 269 Å². The zero-order valence-corrected chi connectivity index (χ0v) is 26.5. The van der Waals surface area contributed by atoms with Gasteiger partial charge in [0, 0.05) is 30.5 Å². The number of benzene rings is 1. The fourth-order valence-electron chi connectivity index (χ4n) is 5.55. The summed E-state index contributed by atoms with van der Waals surface area (Å²) in [5, 5.41) is -0.0293. The van der Waals surface area contributed by atoms with Crippen LogP contribution in [-0.2, 0) is 35.0 Å². The van der Waals surface area contributed by atoms with Crippen LogP contribution in [0.15, 0.2) is 65.9 Å². The van der Waals surface area contributed by atoms with Crippen molar-refractivity contribution in [3.63, 3.8) is 0 Å². The van der Waals surface area contributed by atoms with Crippen LogP contribution in [0.25, 0.3) is 22.3 Å². The SMILES string of the molecule is C=C(C)[C@@H]1C[C@H](n2cnc3c(N)nc(Cl)nc32)O[C@@H]1COC(Cc1ccc(-c2ccc[nH]c2=O)cc1)(C(=O)OCC)C(=O)OCC. The number of fused-ring (bicyclic) bond motifs is 1. The van der Waals surface area contributed by atoms with E-state index in [1.165, 1.54) is 0 Å². The fraction of sp³-hybridized carbons (Fsp3) is 0.375. The van der Waals surface area contributed by atoms with Crippen LogP contribution in [0, 0.1) is 5.92 Å². The maximum Gasteiger partial charge on any atom is 0.350 e. The highest BCUT2D eigenvalue weighted by molar-refractivity contribution is 6.28. The van der Waals surface area contributed by atoms with Crippen LogP contribution in [0.5, 0.6) is 0 Å². The summed E-state index contributed by atoms with van der Waals surface area (Å²) in [6.07, 6.45) is 2.21. The number of nitrogens with one attached hydrogen (secondary N) is 1. The maximum atomic E-state index is 13.6. The van der Waals surface area contributed by atoms with Crippen molar-refractivity contribution in [2.24, 2.45) is 5.92 Å². The number of aromatic nitrogens is 5. The summed E-state index contributed by atoms with van der Waals surface area (Å²) in [7, 11) is 0. The molecule has 0 amide bonds. The van der Waals surface area contributed by atoms with Crippen molar-refractivity contribution >= 4 is 40.5 Å². The minimum atomic E-state index is -2.14. The van der Waals surface area contributed by atoms with E-state index in [1.54, 1.807) is 67.3 Å². The second kappa shape index (κ2) is 13.8. The van der Waals surface area contributed by atoms with E-state index in [1.807, 2.05) is 6.92 Å². The molecular weight excluding hydrogens is 616 g/mol. The smallest absolute Gasteiger partial charge is 0.350 e. The van der Waals surface area contributed by atoms with Crippen LogP contribution < -0.4 is 11.3 Å². The third-order valence-corrected chi connectivity index (χ3v) is 8.01. The Morgan fingerprint density at radius 3 is 2.48 bits per heavy atom. The molecule has 5 rings (SSSR count). The number of anilines is 1. The molecule has 242 valence electrons. The second-order valence-corrected chi connectivity index (χ2v) is 11.2. The van der Waals surface area contributed by atoms with Gasteiger partial charge in [-0.25, -0.2) is 14.6 Å². The molecule has 13 nitrogen and oxygen atoms in total. The number of carbonyl (C=O) groups is 2. The maximum absolute atomic E-state index is 13.6. The Morgan fingerprint density at radius 1 is 1.15 bits per heavy atom. The lowest BCUT2D eigenvalue weighted by molar-refractivity contribution is -0.195. The van der Waals surface area contributed by atoms with Gasteiger partial charge in [0.05, 0.1) is 32.3 Å². The van der Waals surface area contributed by atoms with Gasteiger partial charge in [-0.3, -0.25) is 9.36 Å². The number of H-pyrrole nitrogens is 1. The number of aromatic amines is 1. The van der Waals surface area contributed by atoms with Gasteiger partial charge < -0.3 is 29.7 Å². The van der Waals surface area contributed by atoms with Crippen LogP contribution in [-0.4, -0.2) is 68.0 Å². The van der Waals surface area contributed by atoms with Gasteiger partial charge in [-0.1, -0.05) is 36.4 Å². The molecule has 3 atom stereocenters. The van der Waals surface area contributed by atoms with E-state index in [0.717, 1.165) is 5.57 Å². The van der Waals surface area contributed by atoms with Gasteiger partial charge in [-0.15, -0.1) is 0 Å². The largest absolute Gasteiger partial charge is 0.463 e. The van der Waals surface area contributed by atoms with Gasteiger partial charge in [0.2, 0.25) is 5.28 Å². The van der Waals surface area contributed by atoms with E-state index in [2.05, 4.69) is 26.5 Å². The molecular formula is C32H35ClN6O7. The summed E-state index contributed by atoms with van der Waals surface area (Å²) in [5.41, 5.74) is 6.93. The highest BCUT2D eigenvalue weighted by atomic mass is 35.5. The van der Waals surface area contributed by atoms with Crippen molar-refractivity contribution in [3.8, 4) is 11.1 Å². The number of nitrogens with zero attached hydrogens (tertiary/aromatic N) is 4. The summed E-state index contributed by atoms with van der Waals surface area (Å²) >= 11 is 6.07. The van der Waals surface area contributed by atoms with Crippen molar-refractivity contribution in [1.82, 2.24) is 24.5 Å². The molecule has 1 saturated heterocycles. The van der Waals surface area contributed by atoms with Gasteiger partial charge >= 0.3 is 11.9 Å². The molecule has 0 radical (unpaired) electrons. The fourth-order valence-corrected chi connectivity index (χ4v) is 5.72. The molecule has 0 spiro atoms. The summed E-state index contributed by atoms with van der Waals surface area (Å²) in [6, 6.07) is 10.3. The predicted octanol–water partition coefficient (Wildman–Crippen LogP) is 4.02. The lowest BCUT2D eigenvalue weighted by Gasteiger charge is -2.31. The van der Waals surface area contributed by atoms with Crippen molar-refractivity contribution in [1.29, 1.82) is 0 Å². The van der Waals surface area contributed by atoms with Crippen LogP contribution in [0.4, 0.5) is 5.82 Å². The Balaban J connectivity index is 1.44. The molecule has 0 bridgehead atoms. The quantitative estimate of drug-likeness (QED) is 0.0981. The molecule has 4 aromatic rings. The highest BCUT2D eigenvalue weighted by Crippen LogP contribution is 2.39. The topological polar surface area (TPSA) is 174 Å². The molecule has 0 saturated carbocycles. The normalized spacial score (nSPS) is 18.0. The zero-order valence-electron chi connectivity index (χ0n) is 25.7. The van der Waals surface area contributed by atoms with E-state index in [4.69, 9.17) is 36.3 Å². The van der Waals surface area contributed by atoms with Crippen molar-refractivity contribution in [2.45, 2.75) is 51.5 Å². The molecule has 0 unspecified atom stereocenters. The minimum absolute atomic E-state index is 0.0106. The minimum Gasteiger partial charge on any atom is -0.463 e. The first-order valence-corrected chi connectivity index (χ1v) is 15.2. The number of pyridine rings is 1. The number of carbonyl (C=O) groups excluding carboxylic acids is 2. The lowest BCUT2D eigenvalue weighted by atomic mass is 9.91. The van der Waals surface area contributed by atoms with Gasteiger partial charge in [-0.2, -0.15) is 9.97 Å². The Hall–Kier alpha value is -4.59. The average molecular weight is 651 g/mol. The Bertz CT molecular complexity index is 1790. The first kappa shape index (κ1) is 32.8. The van der Waals surface area contributed by atoms with Crippen molar-refractivity contribution in [3.05, 3.63) is 82.3 Å². The van der Waals surface area contributed by atoms with E-state index < -0.39 is 29.9 Å². The third kappa shape index (κ3) is 6.52. The number of ether oxygens (including phenoxy) is 4. The van der Waals surface area contributed by atoms with Gasteiger partial charge in [-0.05, 0) is 55.6 Å². The van der Waals surface area contributed by atoms with Crippen LogP contribution in [0.3, 0.4) is 0 Å². The van der Waals surface area contributed by atoms with Gasteiger partial charge in [0.1, 0.15) is 11.7 Å². The summed E-state index contributed by atoms with van der Waals surface area (Å²) in [5.74, 6) is -1.86. The van der Waals surface area contributed by atoms with E-state index in [9.17, 15) is 14.4 Å². The summed E-state index contributed by atoms with van der Waals surface area (Å²) < 4.78 is 25.2. The van der Waals surface area contributed by atoms with Crippen molar-refractivity contribution in [2.75, 3.05) is 25.6 Å². The van der Waals surface area contributed by atoms with Gasteiger partial charge in [0.15, 0.2) is 11.5 Å². The number of esters is 2. The monoisotopic (exact) mass is 650 g/mol. The van der Waals surface area contributed by atoms with E-state index in [-0.39, 0.29) is 48.8 Å². The average Bonchev–Trinajstić information content (AvgIpc) is 3.65. The lowest BCUT2D eigenvalue weighted by Crippen LogP contribution is -2.54. The van der Waals surface area contributed by atoms with Crippen LogP contribution in [0.1, 0.15) is 39.0 Å². The number of rotatable bonds is 12. The second-order valence-electron chi connectivity index (χ2n) is 10.9. The number of halogens is 1. The number of hydrogen-bond donors (Lipinski definition) is 2. The van der Waals surface area contributed by atoms with Gasteiger partial charge in [0.25, 0.3) is 11.2 Å². The molecule has 1 fully saturated rings. The molecule has 0 aliphatic carbocycles. The summed E-state index contributed by atoms with van der Waals surface area (Å²) in [6.45, 7) is 9.14. The van der Waals surface area contributed by atoms with Crippen LogP contribution in [0.2, 0.25) is 5.28 Å². The number of imidazole rings is 1. The molecule has 3 aromatic heterocycles. The van der Waals surface area contributed by atoms with E-state index in [0.29, 0.717) is 34.3 Å². The molecule has 4 heterocycles. The molecule has 3 N–H and O–H groups in total.